The van der Waals surface area contributed by atoms with E-state index in [1.165, 1.54) is 42.7 Å². The Hall–Kier alpha value is -2.44. The van der Waals surface area contributed by atoms with Gasteiger partial charge in [-0.15, -0.1) is 12.4 Å². The first kappa shape index (κ1) is 19.9. The minimum Gasteiger partial charge on any atom is -0.457 e. The fourth-order valence-corrected chi connectivity index (χ4v) is 2.98. The summed E-state index contributed by atoms with van der Waals surface area (Å²) in [5, 5.41) is 10.7. The lowest BCUT2D eigenvalue weighted by molar-refractivity contribution is -0.384. The van der Waals surface area contributed by atoms with E-state index in [0.717, 1.165) is 25.2 Å². The number of nitro groups is 1. The number of halogens is 1. The number of nitro benzene ring substituents is 1. The molecule has 0 atom stereocenters. The Labute approximate surface area is 158 Å². The molecule has 6 nitrogen and oxygen atoms in total. The number of nitrogens with zero attached hydrogens (tertiary/aromatic N) is 2. The fraction of sp³-hybridized carbons (Fsp3) is 0.316. The Kier molecular flexibility index (Phi) is 7.12. The summed E-state index contributed by atoms with van der Waals surface area (Å²) < 4.78 is 5.39. The van der Waals surface area contributed by atoms with Crippen LogP contribution in [0.3, 0.4) is 0 Å². The average molecular weight is 377 g/mol. The molecule has 1 aliphatic heterocycles. The lowest BCUT2D eigenvalue weighted by Gasteiger charge is -2.17. The van der Waals surface area contributed by atoms with Crippen molar-refractivity contribution in [2.45, 2.75) is 26.0 Å². The van der Waals surface area contributed by atoms with Crippen molar-refractivity contribution in [3.05, 3.63) is 75.3 Å². The highest BCUT2D eigenvalue weighted by atomic mass is 35.5. The van der Waals surface area contributed by atoms with E-state index in [2.05, 4.69) is 11.0 Å². The standard InChI is InChI=1S/C19H20N2O4.ClH/c22-19(15-7-9-18(10-8-15)21(23)24)25-14-17-6-2-1-5-16(17)13-20-11-3-4-12-20;/h1-2,5-10H,3-4,11-14H2;1H. The van der Waals surface area contributed by atoms with Crippen molar-refractivity contribution in [3.63, 3.8) is 0 Å². The lowest BCUT2D eigenvalue weighted by Crippen LogP contribution is -2.19. The van der Waals surface area contributed by atoms with E-state index >= 15 is 0 Å². The van der Waals surface area contributed by atoms with Crippen molar-refractivity contribution >= 4 is 24.1 Å². The third-order valence-electron chi connectivity index (χ3n) is 4.38. The lowest BCUT2D eigenvalue weighted by atomic mass is 10.1. The summed E-state index contributed by atoms with van der Waals surface area (Å²) in [5.41, 5.74) is 2.42. The number of carbonyl (C=O) groups is 1. The molecule has 1 heterocycles. The van der Waals surface area contributed by atoms with Crippen molar-refractivity contribution in [1.82, 2.24) is 4.90 Å². The van der Waals surface area contributed by atoms with Crippen LogP contribution in [0.2, 0.25) is 0 Å². The molecule has 1 saturated heterocycles. The molecular weight excluding hydrogens is 356 g/mol. The quantitative estimate of drug-likeness (QED) is 0.433. The van der Waals surface area contributed by atoms with Crippen LogP contribution < -0.4 is 0 Å². The van der Waals surface area contributed by atoms with Gasteiger partial charge in [-0.1, -0.05) is 24.3 Å². The highest BCUT2D eigenvalue weighted by molar-refractivity contribution is 5.89. The van der Waals surface area contributed by atoms with Gasteiger partial charge >= 0.3 is 5.97 Å². The second-order valence-corrected chi connectivity index (χ2v) is 6.13. The zero-order valence-electron chi connectivity index (χ0n) is 14.3. The molecular formula is C19H21ClN2O4. The maximum atomic E-state index is 12.2. The highest BCUT2D eigenvalue weighted by Crippen LogP contribution is 2.18. The van der Waals surface area contributed by atoms with E-state index in [1.54, 1.807) is 0 Å². The van der Waals surface area contributed by atoms with Crippen LogP contribution in [0.4, 0.5) is 5.69 Å². The SMILES string of the molecule is Cl.O=C(OCc1ccccc1CN1CCCC1)c1ccc([N+](=O)[O-])cc1. The molecule has 0 aromatic heterocycles. The summed E-state index contributed by atoms with van der Waals surface area (Å²) in [6.45, 7) is 3.28. The molecule has 26 heavy (non-hydrogen) atoms. The van der Waals surface area contributed by atoms with Gasteiger partial charge in [0.2, 0.25) is 0 Å². The second-order valence-electron chi connectivity index (χ2n) is 6.13. The normalized spacial score (nSPS) is 13.8. The van der Waals surface area contributed by atoms with E-state index in [1.807, 2.05) is 18.2 Å². The number of rotatable bonds is 6. The monoisotopic (exact) mass is 376 g/mol. The third kappa shape index (κ3) is 5.03. The summed E-state index contributed by atoms with van der Waals surface area (Å²) in [6, 6.07) is 13.4. The molecule has 0 saturated carbocycles. The minimum atomic E-state index is -0.496. The molecule has 0 aliphatic carbocycles. The fourth-order valence-electron chi connectivity index (χ4n) is 2.98. The number of likely N-dealkylation sites (tertiary alicyclic amines) is 1. The highest BCUT2D eigenvalue weighted by Gasteiger charge is 2.15. The summed E-state index contributed by atoms with van der Waals surface area (Å²) in [7, 11) is 0. The van der Waals surface area contributed by atoms with Crippen LogP contribution in [-0.2, 0) is 17.9 Å². The van der Waals surface area contributed by atoms with Gasteiger partial charge in [-0.2, -0.15) is 0 Å². The molecule has 2 aromatic rings. The minimum absolute atomic E-state index is 0. The number of carbonyl (C=O) groups excluding carboxylic acids is 1. The molecule has 138 valence electrons. The van der Waals surface area contributed by atoms with E-state index in [0.29, 0.717) is 5.56 Å². The number of non-ortho nitro benzene ring substituents is 1. The van der Waals surface area contributed by atoms with Crippen molar-refractivity contribution < 1.29 is 14.5 Å². The molecule has 0 bridgehead atoms. The first-order valence-electron chi connectivity index (χ1n) is 8.34. The summed E-state index contributed by atoms with van der Waals surface area (Å²) in [6.07, 6.45) is 2.47. The van der Waals surface area contributed by atoms with Crippen molar-refractivity contribution in [1.29, 1.82) is 0 Å². The Morgan fingerprint density at radius 3 is 2.27 bits per heavy atom. The topological polar surface area (TPSA) is 72.7 Å². The maximum absolute atomic E-state index is 12.2. The van der Waals surface area contributed by atoms with Gasteiger partial charge in [-0.25, -0.2) is 4.79 Å². The van der Waals surface area contributed by atoms with E-state index in [-0.39, 0.29) is 24.7 Å². The maximum Gasteiger partial charge on any atom is 0.338 e. The molecule has 7 heteroatoms. The predicted octanol–water partition coefficient (Wildman–Crippen LogP) is 3.97. The van der Waals surface area contributed by atoms with Gasteiger partial charge in [-0.3, -0.25) is 15.0 Å². The summed E-state index contributed by atoms with van der Waals surface area (Å²) in [5.74, 6) is -0.481. The van der Waals surface area contributed by atoms with Crippen LogP contribution in [0.1, 0.15) is 34.3 Å². The first-order chi connectivity index (χ1) is 12.1. The van der Waals surface area contributed by atoms with Crippen LogP contribution >= 0.6 is 12.4 Å². The molecule has 0 spiro atoms. The smallest absolute Gasteiger partial charge is 0.338 e. The Morgan fingerprint density at radius 1 is 1.04 bits per heavy atom. The zero-order chi connectivity index (χ0) is 17.6. The third-order valence-corrected chi connectivity index (χ3v) is 4.38. The summed E-state index contributed by atoms with van der Waals surface area (Å²) in [4.78, 5) is 24.7. The Bertz CT molecular complexity index is 758. The molecule has 0 amide bonds. The second kappa shape index (κ2) is 9.31. The zero-order valence-corrected chi connectivity index (χ0v) is 15.1. The van der Waals surface area contributed by atoms with Crippen molar-refractivity contribution in [2.24, 2.45) is 0 Å². The van der Waals surface area contributed by atoms with E-state index in [9.17, 15) is 14.9 Å². The number of benzene rings is 2. The van der Waals surface area contributed by atoms with Gasteiger partial charge in [0.15, 0.2) is 0 Å². The molecule has 0 unspecified atom stereocenters. The first-order valence-corrected chi connectivity index (χ1v) is 8.34. The van der Waals surface area contributed by atoms with Crippen LogP contribution in [0.15, 0.2) is 48.5 Å². The van der Waals surface area contributed by atoms with Crippen molar-refractivity contribution in [2.75, 3.05) is 13.1 Å². The predicted molar refractivity (Wildman–Crippen MR) is 100 cm³/mol. The van der Waals surface area contributed by atoms with Gasteiger partial charge in [-0.05, 0) is 49.2 Å². The van der Waals surface area contributed by atoms with Crippen LogP contribution in [0, 0.1) is 10.1 Å². The average Bonchev–Trinajstić information content (AvgIpc) is 3.14. The Morgan fingerprint density at radius 2 is 1.65 bits per heavy atom. The molecule has 3 rings (SSSR count). The molecule has 2 aromatic carbocycles. The Balaban J connectivity index is 0.00000243. The molecule has 1 fully saturated rings. The van der Waals surface area contributed by atoms with Gasteiger partial charge in [0.1, 0.15) is 6.61 Å². The van der Waals surface area contributed by atoms with Gasteiger partial charge < -0.3 is 4.74 Å². The number of hydrogen-bond acceptors (Lipinski definition) is 5. The van der Waals surface area contributed by atoms with Gasteiger partial charge in [0, 0.05) is 18.7 Å². The molecule has 0 N–H and O–H groups in total. The van der Waals surface area contributed by atoms with Crippen LogP contribution in [0.5, 0.6) is 0 Å². The number of ether oxygens (including phenoxy) is 1. The van der Waals surface area contributed by atoms with Crippen LogP contribution in [-0.4, -0.2) is 28.9 Å². The molecule has 0 radical (unpaired) electrons. The molecule has 1 aliphatic rings. The van der Waals surface area contributed by atoms with Gasteiger partial charge in [0.05, 0.1) is 10.5 Å². The number of hydrogen-bond donors (Lipinski definition) is 0. The largest absolute Gasteiger partial charge is 0.457 e. The van der Waals surface area contributed by atoms with E-state index in [4.69, 9.17) is 4.74 Å². The summed E-state index contributed by atoms with van der Waals surface area (Å²) >= 11 is 0. The number of esters is 1. The van der Waals surface area contributed by atoms with E-state index < -0.39 is 10.9 Å². The van der Waals surface area contributed by atoms with Crippen molar-refractivity contribution in [3.8, 4) is 0 Å². The van der Waals surface area contributed by atoms with Gasteiger partial charge in [0.25, 0.3) is 5.69 Å². The van der Waals surface area contributed by atoms with Crippen LogP contribution in [0.25, 0.3) is 0 Å².